The molecule has 0 unspecified atom stereocenters. The van der Waals surface area contributed by atoms with Crippen LogP contribution in [0.4, 0.5) is 8.78 Å². The fourth-order valence-corrected chi connectivity index (χ4v) is 5.79. The summed E-state index contributed by atoms with van der Waals surface area (Å²) in [6.45, 7) is 3.32. The van der Waals surface area contributed by atoms with Gasteiger partial charge < -0.3 is 9.88 Å². The smallest absolute Gasteiger partial charge is 0.240 e. The molecule has 0 aliphatic carbocycles. The average Bonchev–Trinajstić information content (AvgIpc) is 3.38. The zero-order chi connectivity index (χ0) is 24.0. The first-order valence-electron chi connectivity index (χ1n) is 10.9. The number of imidazole rings is 1. The monoisotopic (exact) mass is 487 g/mol. The van der Waals surface area contributed by atoms with Crippen LogP contribution in [0, 0.1) is 11.6 Å². The lowest BCUT2D eigenvalue weighted by Crippen LogP contribution is -2.45. The summed E-state index contributed by atoms with van der Waals surface area (Å²) >= 11 is 0. The van der Waals surface area contributed by atoms with E-state index in [0.29, 0.717) is 17.6 Å². The van der Waals surface area contributed by atoms with Crippen molar-refractivity contribution in [2.24, 2.45) is 7.05 Å². The van der Waals surface area contributed by atoms with Gasteiger partial charge >= 0.3 is 0 Å². The maximum atomic E-state index is 14.9. The second kappa shape index (κ2) is 8.57. The molecule has 34 heavy (non-hydrogen) atoms. The first-order valence-corrected chi connectivity index (χ1v) is 12.5. The van der Waals surface area contributed by atoms with Gasteiger partial charge in [0.1, 0.15) is 17.2 Å². The van der Waals surface area contributed by atoms with Crippen molar-refractivity contribution in [3.8, 4) is 0 Å². The topological polar surface area (TPSA) is 89.2 Å². The lowest BCUT2D eigenvalue weighted by atomic mass is 10.1. The number of hydrogen-bond donors (Lipinski definition) is 1. The van der Waals surface area contributed by atoms with E-state index in [1.54, 1.807) is 7.05 Å². The van der Waals surface area contributed by atoms with Gasteiger partial charge in [-0.1, -0.05) is 12.1 Å². The van der Waals surface area contributed by atoms with Gasteiger partial charge in [-0.05, 0) is 24.3 Å². The van der Waals surface area contributed by atoms with Crippen molar-refractivity contribution in [3.63, 3.8) is 0 Å². The van der Waals surface area contributed by atoms with Gasteiger partial charge in [0.15, 0.2) is 5.82 Å². The van der Waals surface area contributed by atoms with Crippen LogP contribution in [0.1, 0.15) is 16.2 Å². The molecule has 1 aliphatic heterocycles. The second-order valence-electron chi connectivity index (χ2n) is 8.34. The van der Waals surface area contributed by atoms with E-state index < -0.39 is 27.4 Å². The van der Waals surface area contributed by atoms with Crippen LogP contribution in [0.5, 0.6) is 0 Å². The predicted molar refractivity (Wildman–Crippen MR) is 124 cm³/mol. The van der Waals surface area contributed by atoms with Crippen molar-refractivity contribution in [2.75, 3.05) is 38.5 Å². The molecule has 1 fully saturated rings. The number of para-hydroxylation sites is 1. The minimum absolute atomic E-state index is 0.00197. The lowest BCUT2D eigenvalue weighted by molar-refractivity contribution is 0.102. The molecule has 0 saturated carbocycles. The van der Waals surface area contributed by atoms with Crippen molar-refractivity contribution < 1.29 is 22.0 Å². The van der Waals surface area contributed by atoms with Gasteiger partial charge in [0.05, 0.1) is 22.3 Å². The molecule has 0 amide bonds. The second-order valence-corrected chi connectivity index (χ2v) is 10.3. The summed E-state index contributed by atoms with van der Waals surface area (Å²) in [5.74, 6) is -2.00. The zero-order valence-corrected chi connectivity index (χ0v) is 19.3. The number of carbonyl (C=O) groups is 1. The number of aromatic nitrogens is 3. The number of fused-ring (bicyclic) bond motifs is 2. The van der Waals surface area contributed by atoms with Crippen molar-refractivity contribution >= 4 is 37.7 Å². The molecule has 1 aliphatic rings. The van der Waals surface area contributed by atoms with Crippen LogP contribution < -0.4 is 5.32 Å². The van der Waals surface area contributed by atoms with E-state index in [0.717, 1.165) is 36.2 Å². The van der Waals surface area contributed by atoms with Gasteiger partial charge in [0.25, 0.3) is 0 Å². The van der Waals surface area contributed by atoms with Crippen LogP contribution in [0.25, 0.3) is 21.9 Å². The molecule has 11 heteroatoms. The van der Waals surface area contributed by atoms with Crippen molar-refractivity contribution in [1.82, 2.24) is 23.7 Å². The SMILES string of the molecule is Cn1c(C(=O)c2cn(S(=O)(=O)CCN3CCNCC3)c3c(F)cccc23)nc2ccc(F)cc21. The third kappa shape index (κ3) is 3.89. The van der Waals surface area contributed by atoms with E-state index in [2.05, 4.69) is 10.3 Å². The molecule has 0 spiro atoms. The van der Waals surface area contributed by atoms with Gasteiger partial charge in [-0.15, -0.1) is 0 Å². The third-order valence-electron chi connectivity index (χ3n) is 6.21. The highest BCUT2D eigenvalue weighted by atomic mass is 32.2. The molecule has 1 N–H and O–H groups in total. The molecule has 4 aromatic rings. The van der Waals surface area contributed by atoms with Crippen molar-refractivity contribution in [3.05, 3.63) is 65.6 Å². The molecule has 8 nitrogen and oxygen atoms in total. The summed E-state index contributed by atoms with van der Waals surface area (Å²) in [7, 11) is -2.38. The summed E-state index contributed by atoms with van der Waals surface area (Å²) in [5, 5.41) is 3.39. The number of nitrogens with one attached hydrogen (secondary N) is 1. The quantitative estimate of drug-likeness (QED) is 0.419. The van der Waals surface area contributed by atoms with Crippen LogP contribution >= 0.6 is 0 Å². The molecule has 178 valence electrons. The minimum Gasteiger partial charge on any atom is -0.324 e. The minimum atomic E-state index is -3.96. The Bertz CT molecular complexity index is 1520. The van der Waals surface area contributed by atoms with Crippen LogP contribution in [0.2, 0.25) is 0 Å². The molecule has 2 aromatic carbocycles. The van der Waals surface area contributed by atoms with Gasteiger partial charge in [-0.3, -0.25) is 9.69 Å². The highest BCUT2D eigenvalue weighted by Crippen LogP contribution is 2.28. The molecular formula is C23H23F2N5O3S. The molecule has 0 atom stereocenters. The first kappa shape index (κ1) is 22.6. The largest absolute Gasteiger partial charge is 0.324 e. The van der Waals surface area contributed by atoms with E-state index in [1.165, 1.54) is 41.1 Å². The van der Waals surface area contributed by atoms with Crippen molar-refractivity contribution in [2.45, 2.75) is 0 Å². The molecule has 0 bridgehead atoms. The molecule has 1 saturated heterocycles. The van der Waals surface area contributed by atoms with E-state index in [9.17, 15) is 22.0 Å². The first-order chi connectivity index (χ1) is 16.3. The summed E-state index contributed by atoms with van der Waals surface area (Å²) < 4.78 is 57.4. The number of nitrogens with zero attached hydrogens (tertiary/aromatic N) is 4. The highest BCUT2D eigenvalue weighted by molar-refractivity contribution is 7.90. The Morgan fingerprint density at radius 2 is 1.91 bits per heavy atom. The van der Waals surface area contributed by atoms with Gasteiger partial charge in [-0.2, -0.15) is 0 Å². The Morgan fingerprint density at radius 3 is 2.68 bits per heavy atom. The van der Waals surface area contributed by atoms with Crippen molar-refractivity contribution in [1.29, 1.82) is 0 Å². The fraction of sp³-hybridized carbons (Fsp3) is 0.304. The normalized spacial score (nSPS) is 15.4. The fourth-order valence-electron chi connectivity index (χ4n) is 4.37. The van der Waals surface area contributed by atoms with Crippen LogP contribution in [-0.4, -0.2) is 71.1 Å². The van der Waals surface area contributed by atoms with E-state index in [-0.39, 0.29) is 28.0 Å². The Kier molecular flexibility index (Phi) is 5.70. The highest BCUT2D eigenvalue weighted by Gasteiger charge is 2.27. The molecular weight excluding hydrogens is 464 g/mol. The summed E-state index contributed by atoms with van der Waals surface area (Å²) in [4.78, 5) is 19.8. The number of carbonyl (C=O) groups excluding carboxylic acids is 1. The average molecular weight is 488 g/mol. The lowest BCUT2D eigenvalue weighted by Gasteiger charge is -2.26. The number of ketones is 1. The standard InChI is InChI=1S/C23H23F2N5O3S/c1-28-20-13-15(24)5-6-19(20)27-23(28)22(31)17-14-30(21-16(17)3-2-4-18(21)25)34(32,33)12-11-29-9-7-26-8-10-29/h2-6,13-14,26H,7-12H2,1H3. The number of piperazine rings is 1. The summed E-state index contributed by atoms with van der Waals surface area (Å²) in [5.41, 5.74) is 0.683. The molecule has 5 rings (SSSR count). The zero-order valence-electron chi connectivity index (χ0n) is 18.5. The van der Waals surface area contributed by atoms with E-state index in [4.69, 9.17) is 0 Å². The van der Waals surface area contributed by atoms with Gasteiger partial charge in [-0.25, -0.2) is 26.2 Å². The van der Waals surface area contributed by atoms with E-state index in [1.807, 2.05) is 4.90 Å². The summed E-state index contributed by atoms with van der Waals surface area (Å²) in [6, 6.07) is 8.08. The Balaban J connectivity index is 1.57. The molecule has 3 heterocycles. The van der Waals surface area contributed by atoms with Crippen LogP contribution in [-0.2, 0) is 17.1 Å². The number of rotatable bonds is 6. The molecule has 0 radical (unpaired) electrons. The molecule has 2 aromatic heterocycles. The number of aryl methyl sites for hydroxylation is 1. The Hall–Kier alpha value is -3.15. The summed E-state index contributed by atoms with van der Waals surface area (Å²) in [6.07, 6.45) is 1.17. The number of halogens is 2. The number of benzene rings is 2. The van der Waals surface area contributed by atoms with Crippen LogP contribution in [0.3, 0.4) is 0 Å². The predicted octanol–water partition coefficient (Wildman–Crippen LogP) is 2.12. The maximum absolute atomic E-state index is 14.9. The van der Waals surface area contributed by atoms with Gasteiger partial charge in [0.2, 0.25) is 15.8 Å². The Morgan fingerprint density at radius 1 is 1.15 bits per heavy atom. The third-order valence-corrected chi connectivity index (χ3v) is 7.79. The van der Waals surface area contributed by atoms with E-state index >= 15 is 0 Å². The Labute approximate surface area is 194 Å². The van der Waals surface area contributed by atoms with Gasteiger partial charge in [0, 0.05) is 51.4 Å². The van der Waals surface area contributed by atoms with Crippen LogP contribution in [0.15, 0.2) is 42.6 Å². The maximum Gasteiger partial charge on any atom is 0.240 e. The number of hydrogen-bond acceptors (Lipinski definition) is 6.